The third-order valence-electron chi connectivity index (χ3n) is 5.53. The van der Waals surface area contributed by atoms with Crippen molar-refractivity contribution in [2.45, 2.75) is 90.1 Å². The number of hydrogen-bond donors (Lipinski definition) is 2. The zero-order chi connectivity index (χ0) is 22.2. The molecule has 0 aliphatic heterocycles. The summed E-state index contributed by atoms with van der Waals surface area (Å²) in [4.78, 5) is 0. The highest BCUT2D eigenvalue weighted by molar-refractivity contribution is 7.90. The van der Waals surface area contributed by atoms with E-state index in [9.17, 15) is 8.42 Å². The molecule has 30 heavy (non-hydrogen) atoms. The van der Waals surface area contributed by atoms with E-state index in [1.165, 1.54) is 25.7 Å². The van der Waals surface area contributed by atoms with Crippen LogP contribution in [0.1, 0.15) is 77.7 Å². The normalized spacial score (nSPS) is 14.2. The fourth-order valence-corrected chi connectivity index (χ4v) is 5.40. The SMILES string of the molecule is CNCCCCCCCCNS(=O)(=O)C(CCC(C)OCc1ccccc1)C(C)C. The summed E-state index contributed by atoms with van der Waals surface area (Å²) in [5.74, 6) is 0.0796. The van der Waals surface area contributed by atoms with Crippen LogP contribution in [0.5, 0.6) is 0 Å². The lowest BCUT2D eigenvalue weighted by Gasteiger charge is -2.23. The molecule has 1 aromatic rings. The molecular formula is C24H44N2O3S. The Kier molecular flexibility index (Phi) is 14.3. The monoisotopic (exact) mass is 440 g/mol. The molecule has 0 heterocycles. The van der Waals surface area contributed by atoms with Crippen LogP contribution in [0.3, 0.4) is 0 Å². The van der Waals surface area contributed by atoms with Crippen LogP contribution in [0.4, 0.5) is 0 Å². The highest BCUT2D eigenvalue weighted by atomic mass is 32.2. The van der Waals surface area contributed by atoms with Crippen molar-refractivity contribution in [1.82, 2.24) is 10.0 Å². The van der Waals surface area contributed by atoms with Crippen molar-refractivity contribution in [3.63, 3.8) is 0 Å². The number of nitrogens with one attached hydrogen (secondary N) is 2. The van der Waals surface area contributed by atoms with Crippen molar-refractivity contribution in [1.29, 1.82) is 0 Å². The second-order valence-corrected chi connectivity index (χ2v) is 10.6. The standard InChI is InChI=1S/C24H44N2O3S/c1-21(2)24(17-16-22(3)29-20-23-14-10-9-11-15-23)30(27,28)26-19-13-8-6-5-7-12-18-25-4/h9-11,14-15,21-22,24-26H,5-8,12-13,16-20H2,1-4H3. The van der Waals surface area contributed by atoms with Crippen molar-refractivity contribution in [3.05, 3.63) is 35.9 Å². The summed E-state index contributed by atoms with van der Waals surface area (Å²) in [5.41, 5.74) is 1.14. The molecule has 2 atom stereocenters. The fourth-order valence-electron chi connectivity index (χ4n) is 3.60. The lowest BCUT2D eigenvalue weighted by Crippen LogP contribution is -2.38. The van der Waals surface area contributed by atoms with Gasteiger partial charge in [0, 0.05) is 6.54 Å². The predicted octanol–water partition coefficient (Wildman–Crippen LogP) is 4.88. The second-order valence-electron chi connectivity index (χ2n) is 8.63. The first-order valence-corrected chi connectivity index (χ1v) is 13.2. The fraction of sp³-hybridized carbons (Fsp3) is 0.750. The summed E-state index contributed by atoms with van der Waals surface area (Å²) < 4.78 is 34.4. The second kappa shape index (κ2) is 15.8. The van der Waals surface area contributed by atoms with Crippen molar-refractivity contribution in [3.8, 4) is 0 Å². The van der Waals surface area contributed by atoms with E-state index in [0.717, 1.165) is 31.4 Å². The van der Waals surface area contributed by atoms with Crippen LogP contribution in [0, 0.1) is 5.92 Å². The average Bonchev–Trinajstić information content (AvgIpc) is 2.71. The first kappa shape index (κ1) is 27.1. The largest absolute Gasteiger partial charge is 0.374 e. The van der Waals surface area contributed by atoms with Crippen LogP contribution >= 0.6 is 0 Å². The van der Waals surface area contributed by atoms with Gasteiger partial charge in [0.2, 0.25) is 10.0 Å². The molecule has 2 N–H and O–H groups in total. The lowest BCUT2D eigenvalue weighted by atomic mass is 10.0. The Morgan fingerprint density at radius 2 is 1.47 bits per heavy atom. The third kappa shape index (κ3) is 12.0. The minimum absolute atomic E-state index is 0.0320. The van der Waals surface area contributed by atoms with Gasteiger partial charge in [0.1, 0.15) is 0 Å². The zero-order valence-corrected chi connectivity index (χ0v) is 20.3. The highest BCUT2D eigenvalue weighted by Crippen LogP contribution is 2.20. The van der Waals surface area contributed by atoms with E-state index in [1.54, 1.807) is 0 Å². The van der Waals surface area contributed by atoms with E-state index < -0.39 is 10.0 Å². The molecular weight excluding hydrogens is 396 g/mol. The van der Waals surface area contributed by atoms with Gasteiger partial charge in [-0.2, -0.15) is 0 Å². The maximum Gasteiger partial charge on any atom is 0.214 e. The topological polar surface area (TPSA) is 67.4 Å². The molecule has 0 aliphatic carbocycles. The molecule has 0 aliphatic rings. The van der Waals surface area contributed by atoms with Gasteiger partial charge in [-0.05, 0) is 57.7 Å². The van der Waals surface area contributed by atoms with E-state index in [-0.39, 0.29) is 17.3 Å². The zero-order valence-electron chi connectivity index (χ0n) is 19.5. The number of unbranched alkanes of at least 4 members (excludes halogenated alkanes) is 5. The van der Waals surface area contributed by atoms with Gasteiger partial charge in [0.05, 0.1) is 18.0 Å². The molecule has 5 nitrogen and oxygen atoms in total. The van der Waals surface area contributed by atoms with Gasteiger partial charge in [-0.15, -0.1) is 0 Å². The predicted molar refractivity (Wildman–Crippen MR) is 127 cm³/mol. The number of rotatable bonds is 18. The summed E-state index contributed by atoms with van der Waals surface area (Å²) >= 11 is 0. The van der Waals surface area contributed by atoms with Crippen molar-refractivity contribution in [2.24, 2.45) is 5.92 Å². The number of benzene rings is 1. The summed E-state index contributed by atoms with van der Waals surface area (Å²) in [6.07, 6.45) is 8.24. The molecule has 0 aromatic heterocycles. The van der Waals surface area contributed by atoms with Gasteiger partial charge in [0.15, 0.2) is 0 Å². The van der Waals surface area contributed by atoms with Gasteiger partial charge in [0.25, 0.3) is 0 Å². The van der Waals surface area contributed by atoms with E-state index in [2.05, 4.69) is 10.0 Å². The molecule has 1 rings (SSSR count). The smallest absolute Gasteiger partial charge is 0.214 e. The van der Waals surface area contributed by atoms with E-state index in [4.69, 9.17) is 4.74 Å². The van der Waals surface area contributed by atoms with Gasteiger partial charge < -0.3 is 10.1 Å². The van der Waals surface area contributed by atoms with E-state index in [0.29, 0.717) is 19.6 Å². The van der Waals surface area contributed by atoms with Crippen molar-refractivity contribution < 1.29 is 13.2 Å². The number of ether oxygens (including phenoxy) is 1. The molecule has 0 saturated heterocycles. The molecule has 1 aromatic carbocycles. The summed E-state index contributed by atoms with van der Waals surface area (Å²) in [6, 6.07) is 10.1. The Bertz CT molecular complexity index is 635. The molecule has 0 bridgehead atoms. The maximum atomic E-state index is 12.8. The highest BCUT2D eigenvalue weighted by Gasteiger charge is 2.28. The first-order valence-electron chi connectivity index (χ1n) is 11.7. The molecule has 0 fully saturated rings. The van der Waals surface area contributed by atoms with Gasteiger partial charge in [-0.25, -0.2) is 13.1 Å². The molecule has 6 heteroatoms. The molecule has 2 unspecified atom stereocenters. The van der Waals surface area contributed by atoms with Crippen LogP contribution in [0.25, 0.3) is 0 Å². The Morgan fingerprint density at radius 1 is 0.867 bits per heavy atom. The molecule has 0 saturated carbocycles. The Balaban J connectivity index is 2.29. The number of hydrogen-bond acceptors (Lipinski definition) is 4. The average molecular weight is 441 g/mol. The summed E-state index contributed by atoms with van der Waals surface area (Å²) in [7, 11) is -1.32. The summed E-state index contributed by atoms with van der Waals surface area (Å²) in [6.45, 7) is 8.19. The minimum Gasteiger partial charge on any atom is -0.374 e. The van der Waals surface area contributed by atoms with Crippen LogP contribution in [-0.2, 0) is 21.4 Å². The maximum absolute atomic E-state index is 12.8. The van der Waals surface area contributed by atoms with Crippen LogP contribution < -0.4 is 10.0 Å². The molecule has 0 radical (unpaired) electrons. The third-order valence-corrected chi connectivity index (χ3v) is 7.72. The Hall–Kier alpha value is -0.950. The summed E-state index contributed by atoms with van der Waals surface area (Å²) in [5, 5.41) is 2.79. The van der Waals surface area contributed by atoms with Gasteiger partial charge in [-0.3, -0.25) is 0 Å². The van der Waals surface area contributed by atoms with Crippen molar-refractivity contribution >= 4 is 10.0 Å². The Labute approximate surface area is 185 Å². The first-order chi connectivity index (χ1) is 14.4. The van der Waals surface area contributed by atoms with Crippen LogP contribution in [-0.4, -0.2) is 39.9 Å². The van der Waals surface area contributed by atoms with Gasteiger partial charge >= 0.3 is 0 Å². The van der Waals surface area contributed by atoms with Gasteiger partial charge in [-0.1, -0.05) is 69.9 Å². The quantitative estimate of drug-likeness (QED) is 0.319. The lowest BCUT2D eigenvalue weighted by molar-refractivity contribution is 0.0456. The van der Waals surface area contributed by atoms with Crippen molar-refractivity contribution in [2.75, 3.05) is 20.1 Å². The molecule has 174 valence electrons. The van der Waals surface area contributed by atoms with Crippen LogP contribution in [0.15, 0.2) is 30.3 Å². The molecule has 0 amide bonds. The van der Waals surface area contributed by atoms with E-state index in [1.807, 2.05) is 58.2 Å². The molecule has 0 spiro atoms. The Morgan fingerprint density at radius 3 is 2.07 bits per heavy atom. The van der Waals surface area contributed by atoms with Crippen LogP contribution in [0.2, 0.25) is 0 Å². The minimum atomic E-state index is -3.30. The van der Waals surface area contributed by atoms with E-state index >= 15 is 0 Å². The number of sulfonamides is 1.